The topological polar surface area (TPSA) is 58.6 Å². The highest BCUT2D eigenvalue weighted by Gasteiger charge is 2.20. The zero-order valence-corrected chi connectivity index (χ0v) is 17.3. The molecule has 1 N–H and O–H groups in total. The fraction of sp³-hybridized carbons (Fsp3) is 0.417. The number of carbonyl (C=O) groups excluding carboxylic acids is 2. The standard InChI is InChI=1S/C24H30N2O3/c1-18-6-3-8-20(14-18)17-29-22-10-4-9-21(15-22)24(28)25-12-11-23(27)26-13-5-7-19(2)16-26/h3-4,6,8-10,14-15,19H,5,7,11-13,16-17H2,1-2H3,(H,25,28). The first-order chi connectivity index (χ1) is 14.0. The zero-order chi connectivity index (χ0) is 20.6. The average molecular weight is 395 g/mol. The Labute approximate surface area is 173 Å². The summed E-state index contributed by atoms with van der Waals surface area (Å²) in [6, 6.07) is 15.3. The van der Waals surface area contributed by atoms with Gasteiger partial charge in [-0.15, -0.1) is 0 Å². The molecular formula is C24H30N2O3. The maximum Gasteiger partial charge on any atom is 0.251 e. The summed E-state index contributed by atoms with van der Waals surface area (Å²) < 4.78 is 5.83. The van der Waals surface area contributed by atoms with Gasteiger partial charge in [0.15, 0.2) is 0 Å². The van der Waals surface area contributed by atoms with E-state index in [1.165, 1.54) is 12.0 Å². The van der Waals surface area contributed by atoms with E-state index in [9.17, 15) is 9.59 Å². The summed E-state index contributed by atoms with van der Waals surface area (Å²) in [6.45, 7) is 6.68. The van der Waals surface area contributed by atoms with Gasteiger partial charge in [-0.1, -0.05) is 42.8 Å². The molecule has 29 heavy (non-hydrogen) atoms. The number of benzene rings is 2. The molecule has 1 aliphatic rings. The Morgan fingerprint density at radius 1 is 1.17 bits per heavy atom. The van der Waals surface area contributed by atoms with Crippen molar-refractivity contribution in [1.82, 2.24) is 10.2 Å². The molecule has 2 amide bonds. The number of rotatable bonds is 7. The number of carbonyl (C=O) groups is 2. The van der Waals surface area contributed by atoms with Crippen LogP contribution in [0.2, 0.25) is 0 Å². The third-order valence-electron chi connectivity index (χ3n) is 5.22. The summed E-state index contributed by atoms with van der Waals surface area (Å²) in [5.74, 6) is 1.14. The fourth-order valence-electron chi connectivity index (χ4n) is 3.65. The quantitative estimate of drug-likeness (QED) is 0.773. The van der Waals surface area contributed by atoms with Gasteiger partial charge in [0.25, 0.3) is 5.91 Å². The van der Waals surface area contributed by atoms with Gasteiger partial charge in [-0.25, -0.2) is 0 Å². The molecule has 0 bridgehead atoms. The molecule has 0 aliphatic carbocycles. The van der Waals surface area contributed by atoms with Crippen LogP contribution in [0, 0.1) is 12.8 Å². The van der Waals surface area contributed by atoms with E-state index in [4.69, 9.17) is 4.74 Å². The van der Waals surface area contributed by atoms with Gasteiger partial charge < -0.3 is 15.0 Å². The van der Waals surface area contributed by atoms with Crippen LogP contribution in [0.3, 0.4) is 0 Å². The smallest absolute Gasteiger partial charge is 0.251 e. The minimum atomic E-state index is -0.189. The molecule has 5 nitrogen and oxygen atoms in total. The second-order valence-electron chi connectivity index (χ2n) is 7.90. The molecule has 1 unspecified atom stereocenters. The number of piperidine rings is 1. The number of aryl methyl sites for hydroxylation is 1. The average Bonchev–Trinajstić information content (AvgIpc) is 2.72. The van der Waals surface area contributed by atoms with Crippen LogP contribution < -0.4 is 10.1 Å². The third kappa shape index (κ3) is 6.34. The first-order valence-corrected chi connectivity index (χ1v) is 10.4. The van der Waals surface area contributed by atoms with E-state index in [1.54, 1.807) is 18.2 Å². The molecular weight excluding hydrogens is 364 g/mol. The van der Waals surface area contributed by atoms with E-state index in [2.05, 4.69) is 18.3 Å². The van der Waals surface area contributed by atoms with Gasteiger partial charge in [0.1, 0.15) is 12.4 Å². The van der Waals surface area contributed by atoms with Crippen LogP contribution in [0.5, 0.6) is 5.75 Å². The van der Waals surface area contributed by atoms with Crippen LogP contribution >= 0.6 is 0 Å². The van der Waals surface area contributed by atoms with Crippen molar-refractivity contribution in [2.45, 2.75) is 39.7 Å². The first-order valence-electron chi connectivity index (χ1n) is 10.4. The second-order valence-corrected chi connectivity index (χ2v) is 7.90. The predicted octanol–water partition coefficient (Wildman–Crippen LogP) is 3.95. The van der Waals surface area contributed by atoms with E-state index in [1.807, 2.05) is 36.1 Å². The van der Waals surface area contributed by atoms with Gasteiger partial charge >= 0.3 is 0 Å². The minimum absolute atomic E-state index is 0.118. The Kier molecular flexibility index (Phi) is 7.28. The highest BCUT2D eigenvalue weighted by atomic mass is 16.5. The molecule has 0 spiro atoms. The van der Waals surface area contributed by atoms with Gasteiger partial charge in [0.05, 0.1) is 0 Å². The number of hydrogen-bond acceptors (Lipinski definition) is 3. The van der Waals surface area contributed by atoms with Crippen molar-refractivity contribution in [3.8, 4) is 5.75 Å². The van der Waals surface area contributed by atoms with Crippen LogP contribution in [-0.4, -0.2) is 36.3 Å². The molecule has 1 saturated heterocycles. The molecule has 1 aliphatic heterocycles. The Hall–Kier alpha value is -2.82. The molecule has 5 heteroatoms. The number of ether oxygens (including phenoxy) is 1. The molecule has 0 radical (unpaired) electrons. The molecule has 1 fully saturated rings. The minimum Gasteiger partial charge on any atom is -0.489 e. The molecule has 2 aromatic carbocycles. The maximum absolute atomic E-state index is 12.4. The van der Waals surface area contributed by atoms with Crippen molar-refractivity contribution in [3.63, 3.8) is 0 Å². The van der Waals surface area contributed by atoms with Gasteiger partial charge in [0, 0.05) is 31.6 Å². The number of hydrogen-bond donors (Lipinski definition) is 1. The van der Waals surface area contributed by atoms with Crippen LogP contribution in [-0.2, 0) is 11.4 Å². The second kappa shape index (κ2) is 10.1. The number of likely N-dealkylation sites (tertiary alicyclic amines) is 1. The number of nitrogens with zero attached hydrogens (tertiary/aromatic N) is 1. The molecule has 1 heterocycles. The number of amides is 2. The lowest BCUT2D eigenvalue weighted by Crippen LogP contribution is -2.40. The summed E-state index contributed by atoms with van der Waals surface area (Å²) in [5.41, 5.74) is 2.81. The molecule has 1 atom stereocenters. The van der Waals surface area contributed by atoms with Crippen molar-refractivity contribution in [1.29, 1.82) is 0 Å². The molecule has 3 rings (SSSR count). The lowest BCUT2D eigenvalue weighted by Gasteiger charge is -2.31. The van der Waals surface area contributed by atoms with Gasteiger partial charge in [0.2, 0.25) is 5.91 Å². The van der Waals surface area contributed by atoms with Gasteiger partial charge in [-0.3, -0.25) is 9.59 Å². The largest absolute Gasteiger partial charge is 0.489 e. The zero-order valence-electron chi connectivity index (χ0n) is 17.3. The van der Waals surface area contributed by atoms with Crippen LogP contribution in [0.1, 0.15) is 47.7 Å². The Balaban J connectivity index is 1.47. The van der Waals surface area contributed by atoms with Gasteiger partial charge in [-0.2, -0.15) is 0 Å². The lowest BCUT2D eigenvalue weighted by atomic mass is 10.00. The van der Waals surface area contributed by atoms with Crippen LogP contribution in [0.25, 0.3) is 0 Å². The molecule has 0 saturated carbocycles. The van der Waals surface area contributed by atoms with E-state index >= 15 is 0 Å². The highest BCUT2D eigenvalue weighted by Crippen LogP contribution is 2.17. The Bertz CT molecular complexity index is 850. The Morgan fingerprint density at radius 2 is 2.00 bits per heavy atom. The lowest BCUT2D eigenvalue weighted by molar-refractivity contribution is -0.132. The van der Waals surface area contributed by atoms with E-state index < -0.39 is 0 Å². The summed E-state index contributed by atoms with van der Waals surface area (Å²) in [4.78, 5) is 26.7. The first kappa shape index (κ1) is 20.9. The van der Waals surface area contributed by atoms with E-state index in [0.717, 1.165) is 25.1 Å². The summed E-state index contributed by atoms with van der Waals surface area (Å²) in [5, 5.41) is 2.85. The van der Waals surface area contributed by atoms with Crippen molar-refractivity contribution in [2.24, 2.45) is 5.92 Å². The van der Waals surface area contributed by atoms with Crippen molar-refractivity contribution in [2.75, 3.05) is 19.6 Å². The van der Waals surface area contributed by atoms with Crippen LogP contribution in [0.15, 0.2) is 48.5 Å². The van der Waals surface area contributed by atoms with Crippen molar-refractivity contribution < 1.29 is 14.3 Å². The summed E-state index contributed by atoms with van der Waals surface area (Å²) in [7, 11) is 0. The SMILES string of the molecule is Cc1cccc(COc2cccc(C(=O)NCCC(=O)N3CCCC(C)C3)c2)c1. The number of nitrogens with one attached hydrogen (secondary N) is 1. The Morgan fingerprint density at radius 3 is 2.79 bits per heavy atom. The third-order valence-corrected chi connectivity index (χ3v) is 5.22. The normalized spacial score (nSPS) is 16.3. The highest BCUT2D eigenvalue weighted by molar-refractivity contribution is 5.94. The van der Waals surface area contributed by atoms with Gasteiger partial charge in [-0.05, 0) is 49.4 Å². The van der Waals surface area contributed by atoms with Crippen LogP contribution in [0.4, 0.5) is 0 Å². The fourth-order valence-corrected chi connectivity index (χ4v) is 3.65. The van der Waals surface area contributed by atoms with E-state index in [-0.39, 0.29) is 11.8 Å². The summed E-state index contributed by atoms with van der Waals surface area (Å²) in [6.07, 6.45) is 2.58. The monoisotopic (exact) mass is 394 g/mol. The molecule has 154 valence electrons. The van der Waals surface area contributed by atoms with E-state index in [0.29, 0.717) is 36.8 Å². The molecule has 2 aromatic rings. The molecule has 0 aromatic heterocycles. The van der Waals surface area contributed by atoms with Crippen molar-refractivity contribution in [3.05, 3.63) is 65.2 Å². The summed E-state index contributed by atoms with van der Waals surface area (Å²) >= 11 is 0. The predicted molar refractivity (Wildman–Crippen MR) is 114 cm³/mol. The maximum atomic E-state index is 12.4. The van der Waals surface area contributed by atoms with Crippen molar-refractivity contribution >= 4 is 11.8 Å².